The second-order valence-corrected chi connectivity index (χ2v) is 6.22. The second-order valence-electron chi connectivity index (χ2n) is 5.36. The summed E-state index contributed by atoms with van der Waals surface area (Å²) in [6, 6.07) is 13.2. The molecule has 1 amide bonds. The molecule has 0 bridgehead atoms. The van der Waals surface area contributed by atoms with E-state index >= 15 is 0 Å². The van der Waals surface area contributed by atoms with Crippen molar-refractivity contribution < 1.29 is 13.9 Å². The van der Waals surface area contributed by atoms with Gasteiger partial charge in [-0.15, -0.1) is 11.3 Å². The van der Waals surface area contributed by atoms with E-state index in [0.717, 1.165) is 22.0 Å². The van der Waals surface area contributed by atoms with Crippen LogP contribution in [0.2, 0.25) is 0 Å². The number of ether oxygens (including phenoxy) is 1. The van der Waals surface area contributed by atoms with Gasteiger partial charge in [-0.2, -0.15) is 0 Å². The van der Waals surface area contributed by atoms with Crippen molar-refractivity contribution in [3.8, 4) is 16.3 Å². The molecule has 0 aliphatic rings. The van der Waals surface area contributed by atoms with Crippen molar-refractivity contribution in [1.82, 2.24) is 10.3 Å². The van der Waals surface area contributed by atoms with Gasteiger partial charge >= 0.3 is 0 Å². The molecule has 0 saturated carbocycles. The Hall–Kier alpha value is -2.73. The lowest BCUT2D eigenvalue weighted by molar-refractivity contribution is 0.0954. The molecule has 1 N–H and O–H groups in total. The van der Waals surface area contributed by atoms with Gasteiger partial charge in [0.2, 0.25) is 0 Å². The zero-order valence-electron chi connectivity index (χ0n) is 13.7. The molecule has 2 aromatic carbocycles. The van der Waals surface area contributed by atoms with Gasteiger partial charge in [-0.05, 0) is 36.4 Å². The van der Waals surface area contributed by atoms with Gasteiger partial charge in [0, 0.05) is 23.9 Å². The predicted octanol–water partition coefficient (Wildman–Crippen LogP) is 3.93. The van der Waals surface area contributed by atoms with Crippen LogP contribution in [0.1, 0.15) is 16.1 Å². The van der Waals surface area contributed by atoms with Gasteiger partial charge in [0.1, 0.15) is 16.6 Å². The molecule has 3 aromatic rings. The fourth-order valence-corrected chi connectivity index (χ4v) is 3.26. The number of nitrogens with zero attached hydrogens (tertiary/aromatic N) is 1. The van der Waals surface area contributed by atoms with E-state index in [4.69, 9.17) is 4.74 Å². The fraction of sp³-hybridized carbons (Fsp3) is 0.158. The third-order valence-electron chi connectivity index (χ3n) is 3.66. The number of aromatic nitrogens is 1. The van der Waals surface area contributed by atoms with Gasteiger partial charge in [-0.1, -0.05) is 12.1 Å². The average molecular weight is 356 g/mol. The van der Waals surface area contributed by atoms with Crippen LogP contribution in [0.5, 0.6) is 5.75 Å². The third-order valence-corrected chi connectivity index (χ3v) is 4.59. The van der Waals surface area contributed by atoms with Crippen LogP contribution in [-0.2, 0) is 6.42 Å². The molecule has 1 heterocycles. The van der Waals surface area contributed by atoms with Gasteiger partial charge in [0.05, 0.1) is 18.4 Å². The molecule has 0 fully saturated rings. The molecule has 0 spiro atoms. The van der Waals surface area contributed by atoms with Gasteiger partial charge in [0.25, 0.3) is 5.91 Å². The Morgan fingerprint density at radius 2 is 1.96 bits per heavy atom. The van der Waals surface area contributed by atoms with Gasteiger partial charge in [-0.25, -0.2) is 9.37 Å². The van der Waals surface area contributed by atoms with Crippen LogP contribution >= 0.6 is 11.3 Å². The Bertz CT molecular complexity index is 862. The molecule has 0 aliphatic heterocycles. The van der Waals surface area contributed by atoms with Crippen LogP contribution in [0.25, 0.3) is 10.6 Å². The van der Waals surface area contributed by atoms with E-state index in [0.29, 0.717) is 18.5 Å². The highest BCUT2D eigenvalue weighted by Gasteiger charge is 2.10. The SMILES string of the molecule is COc1ccccc1-c1nc(CCNC(=O)c2ccc(F)cc2)cs1. The molecule has 128 valence electrons. The molecule has 1 aromatic heterocycles. The van der Waals surface area contributed by atoms with Crippen LogP contribution in [0, 0.1) is 5.82 Å². The first-order chi connectivity index (χ1) is 12.2. The molecule has 0 aliphatic carbocycles. The summed E-state index contributed by atoms with van der Waals surface area (Å²) < 4.78 is 18.2. The summed E-state index contributed by atoms with van der Waals surface area (Å²) in [6.45, 7) is 0.464. The zero-order chi connectivity index (χ0) is 17.6. The van der Waals surface area contributed by atoms with Crippen LogP contribution in [0.15, 0.2) is 53.9 Å². The maximum absolute atomic E-state index is 12.9. The molecule has 4 nitrogen and oxygen atoms in total. The highest BCUT2D eigenvalue weighted by atomic mass is 32.1. The standard InChI is InChI=1S/C19H17FN2O2S/c1-24-17-5-3-2-4-16(17)19-22-15(12-25-19)10-11-21-18(23)13-6-8-14(20)9-7-13/h2-9,12H,10-11H2,1H3,(H,21,23). The quantitative estimate of drug-likeness (QED) is 0.728. The van der Waals surface area contributed by atoms with Crippen molar-refractivity contribution in [2.45, 2.75) is 6.42 Å². The second kappa shape index (κ2) is 7.90. The number of methoxy groups -OCH3 is 1. The fourth-order valence-electron chi connectivity index (χ4n) is 2.37. The summed E-state index contributed by atoms with van der Waals surface area (Å²) in [5.74, 6) is 0.205. The number of amides is 1. The number of para-hydroxylation sites is 1. The smallest absolute Gasteiger partial charge is 0.251 e. The predicted molar refractivity (Wildman–Crippen MR) is 96.5 cm³/mol. The van der Waals surface area contributed by atoms with E-state index in [1.165, 1.54) is 24.3 Å². The first kappa shape index (κ1) is 17.1. The maximum atomic E-state index is 12.9. The summed E-state index contributed by atoms with van der Waals surface area (Å²) in [4.78, 5) is 16.6. The molecular weight excluding hydrogens is 339 g/mol. The van der Waals surface area contributed by atoms with Crippen LogP contribution < -0.4 is 10.1 Å². The Morgan fingerprint density at radius 1 is 1.20 bits per heavy atom. The number of halogens is 1. The molecule has 0 saturated heterocycles. The van der Waals surface area contributed by atoms with Crippen molar-refractivity contribution in [2.24, 2.45) is 0 Å². The van der Waals surface area contributed by atoms with Crippen molar-refractivity contribution in [2.75, 3.05) is 13.7 Å². The number of thiazole rings is 1. The number of rotatable bonds is 6. The van der Waals surface area contributed by atoms with E-state index in [9.17, 15) is 9.18 Å². The molecule has 0 unspecified atom stereocenters. The monoisotopic (exact) mass is 356 g/mol. The van der Waals surface area contributed by atoms with E-state index in [-0.39, 0.29) is 11.7 Å². The molecule has 3 rings (SSSR count). The zero-order valence-corrected chi connectivity index (χ0v) is 14.5. The van der Waals surface area contributed by atoms with Gasteiger partial charge in [-0.3, -0.25) is 4.79 Å². The van der Waals surface area contributed by atoms with E-state index < -0.39 is 0 Å². The van der Waals surface area contributed by atoms with Crippen molar-refractivity contribution >= 4 is 17.2 Å². The number of hydrogen-bond donors (Lipinski definition) is 1. The maximum Gasteiger partial charge on any atom is 0.251 e. The Kier molecular flexibility index (Phi) is 5.40. The van der Waals surface area contributed by atoms with Gasteiger partial charge < -0.3 is 10.1 Å². The molecule has 0 atom stereocenters. The van der Waals surface area contributed by atoms with Crippen molar-refractivity contribution in [1.29, 1.82) is 0 Å². The number of nitrogens with one attached hydrogen (secondary N) is 1. The Labute approximate surface area is 149 Å². The van der Waals surface area contributed by atoms with Crippen molar-refractivity contribution in [3.05, 3.63) is 71.0 Å². The lowest BCUT2D eigenvalue weighted by Gasteiger charge is -2.05. The topological polar surface area (TPSA) is 51.2 Å². The number of carbonyl (C=O) groups excluding carboxylic acids is 1. The summed E-state index contributed by atoms with van der Waals surface area (Å²) in [7, 11) is 1.64. The number of hydrogen-bond acceptors (Lipinski definition) is 4. The van der Waals surface area contributed by atoms with Crippen LogP contribution in [-0.4, -0.2) is 24.5 Å². The summed E-state index contributed by atoms with van der Waals surface area (Å²) in [6.07, 6.45) is 0.624. The number of carbonyl (C=O) groups is 1. The molecule has 6 heteroatoms. The minimum atomic E-state index is -0.358. The van der Waals surface area contributed by atoms with Crippen LogP contribution in [0.3, 0.4) is 0 Å². The Morgan fingerprint density at radius 3 is 2.72 bits per heavy atom. The van der Waals surface area contributed by atoms with E-state index in [1.807, 2.05) is 29.6 Å². The van der Waals surface area contributed by atoms with Gasteiger partial charge in [0.15, 0.2) is 0 Å². The lowest BCUT2D eigenvalue weighted by Crippen LogP contribution is -2.25. The van der Waals surface area contributed by atoms with Crippen LogP contribution in [0.4, 0.5) is 4.39 Å². The largest absolute Gasteiger partial charge is 0.496 e. The first-order valence-electron chi connectivity index (χ1n) is 7.79. The minimum absolute atomic E-state index is 0.222. The molecular formula is C19H17FN2O2S. The highest BCUT2D eigenvalue weighted by Crippen LogP contribution is 2.31. The first-order valence-corrected chi connectivity index (χ1v) is 8.67. The van der Waals surface area contributed by atoms with Crippen molar-refractivity contribution in [3.63, 3.8) is 0 Å². The highest BCUT2D eigenvalue weighted by molar-refractivity contribution is 7.13. The number of benzene rings is 2. The average Bonchev–Trinajstić information content (AvgIpc) is 3.11. The summed E-state index contributed by atoms with van der Waals surface area (Å²) >= 11 is 1.54. The van der Waals surface area contributed by atoms with E-state index in [1.54, 1.807) is 18.4 Å². The lowest BCUT2D eigenvalue weighted by atomic mass is 10.2. The Balaban J connectivity index is 1.59. The minimum Gasteiger partial charge on any atom is -0.496 e. The summed E-state index contributed by atoms with van der Waals surface area (Å²) in [5, 5.41) is 5.68. The summed E-state index contributed by atoms with van der Waals surface area (Å²) in [5.41, 5.74) is 2.30. The molecule has 0 radical (unpaired) electrons. The van der Waals surface area contributed by atoms with E-state index in [2.05, 4.69) is 10.3 Å². The normalized spacial score (nSPS) is 10.5. The third kappa shape index (κ3) is 4.22. The molecule has 25 heavy (non-hydrogen) atoms.